The van der Waals surface area contributed by atoms with Gasteiger partial charge in [0.05, 0.1) is 26.0 Å². The molecular formula is C24H29NO5. The zero-order valence-corrected chi connectivity index (χ0v) is 18.3. The summed E-state index contributed by atoms with van der Waals surface area (Å²) >= 11 is 0. The summed E-state index contributed by atoms with van der Waals surface area (Å²) in [4.78, 5) is 16.7. The van der Waals surface area contributed by atoms with Gasteiger partial charge in [0.15, 0.2) is 0 Å². The van der Waals surface area contributed by atoms with Crippen LogP contribution in [0.15, 0.2) is 30.3 Å². The zero-order valence-electron chi connectivity index (χ0n) is 18.3. The van der Waals surface area contributed by atoms with Crippen molar-refractivity contribution in [1.29, 1.82) is 0 Å². The molecule has 1 aromatic carbocycles. The van der Waals surface area contributed by atoms with Gasteiger partial charge < -0.3 is 18.9 Å². The molecule has 0 radical (unpaired) electrons. The molecule has 0 amide bonds. The summed E-state index contributed by atoms with van der Waals surface area (Å²) in [7, 11) is 1.66. The molecule has 0 unspecified atom stereocenters. The van der Waals surface area contributed by atoms with Crippen LogP contribution in [0.4, 0.5) is 0 Å². The van der Waals surface area contributed by atoms with Gasteiger partial charge >= 0.3 is 5.97 Å². The highest BCUT2D eigenvalue weighted by molar-refractivity contribution is 5.87. The number of methoxy groups -OCH3 is 1. The number of rotatable bonds is 7. The van der Waals surface area contributed by atoms with E-state index >= 15 is 0 Å². The average molecular weight is 411 g/mol. The van der Waals surface area contributed by atoms with Crippen LogP contribution in [0.2, 0.25) is 0 Å². The van der Waals surface area contributed by atoms with Crippen molar-refractivity contribution in [2.24, 2.45) is 0 Å². The Bertz CT molecular complexity index is 932. The minimum absolute atomic E-state index is 0.332. The van der Waals surface area contributed by atoms with Gasteiger partial charge in [-0.25, -0.2) is 4.79 Å². The lowest BCUT2D eigenvalue weighted by atomic mass is 9.98. The van der Waals surface area contributed by atoms with Crippen LogP contribution in [0.5, 0.6) is 11.5 Å². The Hall–Kier alpha value is -2.86. The Morgan fingerprint density at radius 3 is 2.63 bits per heavy atom. The van der Waals surface area contributed by atoms with Crippen molar-refractivity contribution in [3.8, 4) is 11.5 Å². The second-order valence-electron chi connectivity index (χ2n) is 7.59. The number of benzene rings is 1. The van der Waals surface area contributed by atoms with Crippen molar-refractivity contribution in [2.75, 3.05) is 13.7 Å². The molecular weight excluding hydrogens is 382 g/mol. The largest absolute Gasteiger partial charge is 0.497 e. The average Bonchev–Trinajstić information content (AvgIpc) is 2.72. The zero-order chi connectivity index (χ0) is 21.7. The van der Waals surface area contributed by atoms with Crippen LogP contribution in [0.3, 0.4) is 0 Å². The van der Waals surface area contributed by atoms with Crippen LogP contribution in [0.1, 0.15) is 48.8 Å². The predicted molar refractivity (Wildman–Crippen MR) is 115 cm³/mol. The van der Waals surface area contributed by atoms with Gasteiger partial charge in [-0.2, -0.15) is 0 Å². The normalized spacial score (nSPS) is 14.8. The molecule has 0 saturated heterocycles. The molecule has 160 valence electrons. The molecule has 1 aliphatic rings. The molecule has 6 heteroatoms. The number of nitrogens with zero attached hydrogens (tertiary/aromatic N) is 1. The number of aryl methyl sites for hydroxylation is 3. The van der Waals surface area contributed by atoms with Gasteiger partial charge in [-0.15, -0.1) is 0 Å². The number of carbonyl (C=O) groups is 1. The number of hydrogen-bond acceptors (Lipinski definition) is 6. The summed E-state index contributed by atoms with van der Waals surface area (Å²) in [6.45, 7) is 8.20. The third-order valence-corrected chi connectivity index (χ3v) is 4.94. The second kappa shape index (κ2) is 9.30. The number of aromatic nitrogens is 1. The van der Waals surface area contributed by atoms with E-state index in [1.165, 1.54) is 11.6 Å². The number of ether oxygens (including phenoxy) is 4. The van der Waals surface area contributed by atoms with E-state index in [9.17, 15) is 4.79 Å². The number of carbonyl (C=O) groups excluding carboxylic acids is 1. The summed E-state index contributed by atoms with van der Waals surface area (Å²) in [6.07, 6.45) is 4.72. The van der Waals surface area contributed by atoms with Gasteiger partial charge in [-0.05, 0) is 50.5 Å². The lowest BCUT2D eigenvalue weighted by molar-refractivity contribution is -0.180. The number of esters is 1. The predicted octanol–water partition coefficient (Wildman–Crippen LogP) is 4.41. The molecule has 0 atom stereocenters. The van der Waals surface area contributed by atoms with Crippen molar-refractivity contribution in [2.45, 2.75) is 52.9 Å². The highest BCUT2D eigenvalue weighted by atomic mass is 16.7. The van der Waals surface area contributed by atoms with E-state index in [1.807, 2.05) is 45.0 Å². The van der Waals surface area contributed by atoms with Gasteiger partial charge in [0, 0.05) is 36.7 Å². The first-order valence-corrected chi connectivity index (χ1v) is 10.2. The molecule has 0 saturated carbocycles. The van der Waals surface area contributed by atoms with Gasteiger partial charge in [-0.1, -0.05) is 12.1 Å². The third-order valence-electron chi connectivity index (χ3n) is 4.94. The highest BCUT2D eigenvalue weighted by Gasteiger charge is 2.31. The Balaban J connectivity index is 1.94. The summed E-state index contributed by atoms with van der Waals surface area (Å²) < 4.78 is 22.2. The third kappa shape index (κ3) is 5.19. The monoisotopic (exact) mass is 411 g/mol. The molecule has 1 aromatic heterocycles. The van der Waals surface area contributed by atoms with Crippen molar-refractivity contribution >= 4 is 12.0 Å². The Morgan fingerprint density at radius 2 is 1.97 bits per heavy atom. The van der Waals surface area contributed by atoms with Crippen LogP contribution in [-0.2, 0) is 33.7 Å². The molecule has 30 heavy (non-hydrogen) atoms. The van der Waals surface area contributed by atoms with Crippen molar-refractivity contribution in [3.05, 3.63) is 58.4 Å². The maximum atomic E-state index is 11.9. The molecule has 1 aliphatic heterocycles. The summed E-state index contributed by atoms with van der Waals surface area (Å²) in [5, 5.41) is 0. The van der Waals surface area contributed by atoms with E-state index in [0.717, 1.165) is 40.4 Å². The van der Waals surface area contributed by atoms with E-state index in [2.05, 4.69) is 0 Å². The van der Waals surface area contributed by atoms with E-state index in [-0.39, 0.29) is 5.97 Å². The molecule has 6 nitrogen and oxygen atoms in total. The molecule has 0 spiro atoms. The fraction of sp³-hybridized carbons (Fsp3) is 0.417. The number of pyridine rings is 1. The Kier molecular flexibility index (Phi) is 6.77. The van der Waals surface area contributed by atoms with Crippen molar-refractivity contribution in [3.63, 3.8) is 0 Å². The van der Waals surface area contributed by atoms with E-state index in [0.29, 0.717) is 19.6 Å². The van der Waals surface area contributed by atoms with E-state index < -0.39 is 5.79 Å². The first kappa shape index (κ1) is 21.8. The Labute approximate surface area is 177 Å². The van der Waals surface area contributed by atoms with Gasteiger partial charge in [0.25, 0.3) is 0 Å². The number of fused-ring (bicyclic) bond motifs is 1. The molecule has 0 fully saturated rings. The van der Waals surface area contributed by atoms with Gasteiger partial charge in [-0.3, -0.25) is 4.98 Å². The van der Waals surface area contributed by atoms with Crippen LogP contribution >= 0.6 is 0 Å². The van der Waals surface area contributed by atoms with Crippen molar-refractivity contribution < 1.29 is 23.7 Å². The van der Waals surface area contributed by atoms with Gasteiger partial charge in [0.2, 0.25) is 5.79 Å². The SMILES string of the molecule is CCOC(=O)C=Cc1c(CCc2ccc(OC)cc2)nc(C)c2c1COC(C)(C)O2. The van der Waals surface area contributed by atoms with Crippen LogP contribution in [0.25, 0.3) is 6.08 Å². The maximum absolute atomic E-state index is 11.9. The lowest BCUT2D eigenvalue weighted by Gasteiger charge is -2.34. The minimum atomic E-state index is -0.716. The lowest BCUT2D eigenvalue weighted by Crippen LogP contribution is -2.36. The van der Waals surface area contributed by atoms with Crippen LogP contribution in [-0.4, -0.2) is 30.5 Å². The van der Waals surface area contributed by atoms with E-state index in [1.54, 1.807) is 20.1 Å². The maximum Gasteiger partial charge on any atom is 0.330 e. The summed E-state index contributed by atoms with van der Waals surface area (Å²) in [5.41, 5.74) is 4.66. The standard InChI is InChI=1S/C24H29NO5/c1-6-28-22(26)14-12-19-20-15-29-24(3,4)30-23(20)16(2)25-21(19)13-9-17-7-10-18(27-5)11-8-17/h7-8,10-12,14H,6,9,13,15H2,1-5H3. The fourth-order valence-corrected chi connectivity index (χ4v) is 3.41. The molecule has 0 N–H and O–H groups in total. The smallest absolute Gasteiger partial charge is 0.330 e. The number of hydrogen-bond donors (Lipinski definition) is 0. The van der Waals surface area contributed by atoms with Crippen LogP contribution in [0, 0.1) is 6.92 Å². The molecule has 3 rings (SSSR count). The van der Waals surface area contributed by atoms with Gasteiger partial charge in [0.1, 0.15) is 11.5 Å². The highest BCUT2D eigenvalue weighted by Crippen LogP contribution is 2.37. The minimum Gasteiger partial charge on any atom is -0.497 e. The summed E-state index contributed by atoms with van der Waals surface area (Å²) in [5.74, 6) is 0.456. The fourth-order valence-electron chi connectivity index (χ4n) is 3.41. The second-order valence-corrected chi connectivity index (χ2v) is 7.59. The topological polar surface area (TPSA) is 66.9 Å². The molecule has 2 aromatic rings. The molecule has 2 heterocycles. The van der Waals surface area contributed by atoms with E-state index in [4.69, 9.17) is 23.9 Å². The Morgan fingerprint density at radius 1 is 1.23 bits per heavy atom. The van der Waals surface area contributed by atoms with Crippen molar-refractivity contribution in [1.82, 2.24) is 4.98 Å². The quantitative estimate of drug-likeness (QED) is 0.497. The summed E-state index contributed by atoms with van der Waals surface area (Å²) in [6, 6.07) is 8.00. The first-order chi connectivity index (χ1) is 14.3. The molecule has 0 aliphatic carbocycles. The first-order valence-electron chi connectivity index (χ1n) is 10.2. The van der Waals surface area contributed by atoms with Crippen LogP contribution < -0.4 is 9.47 Å². The molecule has 0 bridgehead atoms.